The molecule has 2 aromatic rings. The topological polar surface area (TPSA) is 51.2 Å². The molecule has 2 heterocycles. The molecule has 0 unspecified atom stereocenters. The molecule has 3 rings (SSSR count). The van der Waals surface area contributed by atoms with Crippen molar-refractivity contribution >= 4 is 23.4 Å². The lowest BCUT2D eigenvalue weighted by Gasteiger charge is -2.11. The summed E-state index contributed by atoms with van der Waals surface area (Å²) in [6.45, 7) is 0.605. The van der Waals surface area contributed by atoms with Crippen molar-refractivity contribution in [2.24, 2.45) is 0 Å². The van der Waals surface area contributed by atoms with Gasteiger partial charge in [0, 0.05) is 18.3 Å². The number of carbonyl (C=O) groups is 1. The third-order valence-electron chi connectivity index (χ3n) is 3.34. The number of halogens is 3. The number of nitrogens with one attached hydrogen (secondary N) is 1. The van der Waals surface area contributed by atoms with Gasteiger partial charge in [-0.1, -0.05) is 11.8 Å². The highest BCUT2D eigenvalue weighted by Crippen LogP contribution is 2.30. The van der Waals surface area contributed by atoms with Gasteiger partial charge in [-0.3, -0.25) is 4.79 Å². The fraction of sp³-hybridized carbons (Fsp3) is 0.250. The third kappa shape index (κ3) is 4.00. The second-order valence-electron chi connectivity index (χ2n) is 5.14. The molecule has 8 heteroatoms. The summed E-state index contributed by atoms with van der Waals surface area (Å²) < 4.78 is 42.6. The van der Waals surface area contributed by atoms with Crippen LogP contribution in [-0.4, -0.2) is 29.4 Å². The molecule has 0 aliphatic carbocycles. The van der Waals surface area contributed by atoms with Gasteiger partial charge in [0.05, 0.1) is 17.9 Å². The molecule has 0 spiro atoms. The van der Waals surface area contributed by atoms with Crippen molar-refractivity contribution in [2.45, 2.75) is 17.6 Å². The number of nitrogens with zero attached hydrogens (tertiary/aromatic N) is 1. The van der Waals surface area contributed by atoms with Crippen molar-refractivity contribution in [1.82, 2.24) is 4.98 Å². The summed E-state index contributed by atoms with van der Waals surface area (Å²) >= 11 is 0.496. The Morgan fingerprint density at radius 1 is 1.33 bits per heavy atom. The van der Waals surface area contributed by atoms with E-state index in [1.807, 2.05) is 0 Å². The van der Waals surface area contributed by atoms with Crippen molar-refractivity contribution in [2.75, 3.05) is 17.7 Å². The number of rotatable bonds is 4. The first-order valence-electron chi connectivity index (χ1n) is 7.14. The van der Waals surface area contributed by atoms with E-state index >= 15 is 0 Å². The molecule has 0 fully saturated rings. The van der Waals surface area contributed by atoms with Gasteiger partial charge < -0.3 is 10.1 Å². The molecule has 4 nitrogen and oxygen atoms in total. The van der Waals surface area contributed by atoms with E-state index in [1.165, 1.54) is 18.3 Å². The summed E-state index contributed by atoms with van der Waals surface area (Å²) in [6, 6.07) is 8.24. The van der Waals surface area contributed by atoms with Crippen LogP contribution in [0.5, 0.6) is 5.75 Å². The summed E-state index contributed by atoms with van der Waals surface area (Å²) in [5, 5.41) is 2.75. The van der Waals surface area contributed by atoms with Gasteiger partial charge in [-0.05, 0) is 35.9 Å². The van der Waals surface area contributed by atoms with Crippen molar-refractivity contribution in [3.63, 3.8) is 0 Å². The Hall–Kier alpha value is -2.22. The molecule has 0 radical (unpaired) electrons. The maximum absolute atomic E-state index is 12.4. The molecule has 0 atom stereocenters. The van der Waals surface area contributed by atoms with Gasteiger partial charge >= 0.3 is 6.18 Å². The number of ether oxygens (including phenoxy) is 1. The summed E-state index contributed by atoms with van der Waals surface area (Å²) in [5.41, 5.74) is 1.68. The zero-order valence-electron chi connectivity index (χ0n) is 12.4. The van der Waals surface area contributed by atoms with E-state index in [9.17, 15) is 18.0 Å². The number of benzene rings is 1. The maximum atomic E-state index is 12.4. The van der Waals surface area contributed by atoms with E-state index < -0.39 is 17.8 Å². The average Bonchev–Trinajstić information content (AvgIpc) is 3.00. The number of carbonyl (C=O) groups excluding carboxylic acids is 1. The van der Waals surface area contributed by atoms with Gasteiger partial charge in [-0.25, -0.2) is 4.98 Å². The molecular formula is C16H13F3N2O2S. The predicted octanol–water partition coefficient (Wildman–Crippen LogP) is 3.92. The molecule has 0 saturated heterocycles. The first-order chi connectivity index (χ1) is 11.4. The Morgan fingerprint density at radius 3 is 2.96 bits per heavy atom. The number of alkyl halides is 3. The highest BCUT2D eigenvalue weighted by molar-refractivity contribution is 7.99. The number of amides is 1. The van der Waals surface area contributed by atoms with Gasteiger partial charge in [0.2, 0.25) is 0 Å². The Balaban J connectivity index is 1.75. The number of thioether (sulfide) groups is 1. The number of fused-ring (bicyclic) bond motifs is 1. The van der Waals surface area contributed by atoms with E-state index in [0.717, 1.165) is 17.7 Å². The Kier molecular flexibility index (Phi) is 4.66. The number of hydrogen-bond donors (Lipinski definition) is 1. The minimum absolute atomic E-state index is 0.0526. The monoisotopic (exact) mass is 354 g/mol. The van der Waals surface area contributed by atoms with E-state index in [-0.39, 0.29) is 10.6 Å². The van der Waals surface area contributed by atoms with Crippen LogP contribution in [0.2, 0.25) is 0 Å². The first-order valence-corrected chi connectivity index (χ1v) is 8.12. The molecule has 1 amide bonds. The van der Waals surface area contributed by atoms with Gasteiger partial charge in [-0.2, -0.15) is 13.2 Å². The highest BCUT2D eigenvalue weighted by atomic mass is 32.2. The summed E-state index contributed by atoms with van der Waals surface area (Å²) in [5.74, 6) is -0.803. The van der Waals surface area contributed by atoms with E-state index in [4.69, 9.17) is 4.74 Å². The van der Waals surface area contributed by atoms with Crippen LogP contribution in [0.3, 0.4) is 0 Å². The van der Waals surface area contributed by atoms with Crippen LogP contribution in [-0.2, 0) is 6.42 Å². The number of anilines is 1. The quantitative estimate of drug-likeness (QED) is 0.846. The fourth-order valence-electron chi connectivity index (χ4n) is 2.29. The third-order valence-corrected chi connectivity index (χ3v) is 4.41. The highest BCUT2D eigenvalue weighted by Gasteiger charge is 2.28. The summed E-state index contributed by atoms with van der Waals surface area (Å²) in [7, 11) is 0. The molecular weight excluding hydrogens is 341 g/mol. The molecule has 1 aromatic carbocycles. The molecule has 126 valence electrons. The average molecular weight is 354 g/mol. The Morgan fingerprint density at radius 2 is 2.17 bits per heavy atom. The Bertz CT molecular complexity index is 765. The second-order valence-corrected chi connectivity index (χ2v) is 6.10. The van der Waals surface area contributed by atoms with Gasteiger partial charge in [-0.15, -0.1) is 0 Å². The molecule has 1 aliphatic heterocycles. The number of hydrogen-bond acceptors (Lipinski definition) is 4. The van der Waals surface area contributed by atoms with Crippen molar-refractivity contribution in [3.8, 4) is 5.75 Å². The van der Waals surface area contributed by atoms with Gasteiger partial charge in [0.1, 0.15) is 10.8 Å². The molecule has 1 aliphatic rings. The predicted molar refractivity (Wildman–Crippen MR) is 84.6 cm³/mol. The largest absolute Gasteiger partial charge is 0.493 e. The van der Waals surface area contributed by atoms with Crippen LogP contribution in [0.1, 0.15) is 15.9 Å². The molecule has 1 N–H and O–H groups in total. The van der Waals surface area contributed by atoms with Crippen LogP contribution in [0.4, 0.5) is 18.9 Å². The Labute approximate surface area is 140 Å². The van der Waals surface area contributed by atoms with Crippen LogP contribution >= 0.6 is 11.8 Å². The van der Waals surface area contributed by atoms with E-state index in [0.29, 0.717) is 24.1 Å². The molecule has 0 bridgehead atoms. The van der Waals surface area contributed by atoms with Crippen LogP contribution in [0.25, 0.3) is 0 Å². The second kappa shape index (κ2) is 6.72. The minimum Gasteiger partial charge on any atom is -0.493 e. The minimum atomic E-state index is -4.32. The van der Waals surface area contributed by atoms with Gasteiger partial charge in [0.15, 0.2) is 0 Å². The number of pyridine rings is 1. The maximum Gasteiger partial charge on any atom is 0.398 e. The zero-order chi connectivity index (χ0) is 17.2. The smallest absolute Gasteiger partial charge is 0.398 e. The van der Waals surface area contributed by atoms with E-state index in [2.05, 4.69) is 10.3 Å². The number of aromatic nitrogens is 1. The van der Waals surface area contributed by atoms with Gasteiger partial charge in [0.25, 0.3) is 5.91 Å². The van der Waals surface area contributed by atoms with Crippen LogP contribution in [0.15, 0.2) is 41.6 Å². The summed E-state index contributed by atoms with van der Waals surface area (Å²) in [4.78, 5) is 16.3. The zero-order valence-corrected chi connectivity index (χ0v) is 13.2. The standard InChI is InChI=1S/C16H13F3N2O2S/c17-16(18,19)9-24-15-12(2-1-6-20-15)14(22)21-11-3-4-13-10(8-11)5-7-23-13/h1-4,6,8H,5,7,9H2,(H,21,22). The summed E-state index contributed by atoms with van der Waals surface area (Å²) in [6.07, 6.45) is -2.20. The molecule has 24 heavy (non-hydrogen) atoms. The van der Waals surface area contributed by atoms with Crippen molar-refractivity contribution in [3.05, 3.63) is 47.7 Å². The van der Waals surface area contributed by atoms with Crippen LogP contribution in [0, 0.1) is 0 Å². The van der Waals surface area contributed by atoms with Crippen molar-refractivity contribution in [1.29, 1.82) is 0 Å². The normalized spacial score (nSPS) is 13.3. The lowest BCUT2D eigenvalue weighted by atomic mass is 10.1. The fourth-order valence-corrected chi connectivity index (χ4v) is 3.04. The first kappa shape index (κ1) is 16.6. The lowest BCUT2D eigenvalue weighted by molar-refractivity contribution is -0.105. The van der Waals surface area contributed by atoms with Crippen molar-refractivity contribution < 1.29 is 22.7 Å². The molecule has 1 aromatic heterocycles. The molecule has 0 saturated carbocycles. The SMILES string of the molecule is O=C(Nc1ccc2c(c1)CCO2)c1cccnc1SCC(F)(F)F. The van der Waals surface area contributed by atoms with E-state index in [1.54, 1.807) is 18.2 Å². The van der Waals surface area contributed by atoms with Crippen LogP contribution < -0.4 is 10.1 Å². The lowest BCUT2D eigenvalue weighted by Crippen LogP contribution is -2.15.